The molecule has 0 bridgehead atoms. The summed E-state index contributed by atoms with van der Waals surface area (Å²) < 4.78 is 20.3. The Balaban J connectivity index is 3.93. The Kier molecular flexibility index (Phi) is 19.1. The summed E-state index contributed by atoms with van der Waals surface area (Å²) in [6, 6.07) is 15.3. The van der Waals surface area contributed by atoms with Crippen molar-refractivity contribution < 1.29 is 24.0 Å². The van der Waals surface area contributed by atoms with E-state index in [4.69, 9.17) is 0 Å². The number of carboxylic acids is 2. The molecule has 0 heterocycles. The summed E-state index contributed by atoms with van der Waals surface area (Å²) in [6.07, 6.45) is 24.4. The minimum atomic E-state index is -4.32. The van der Waals surface area contributed by atoms with Crippen LogP contribution in [0.15, 0.2) is 58.3 Å². The summed E-state index contributed by atoms with van der Waals surface area (Å²) in [5.41, 5.74) is 0.464. The van der Waals surface area contributed by atoms with Gasteiger partial charge in [0.05, 0.1) is 0 Å². The van der Waals surface area contributed by atoms with Gasteiger partial charge >= 0.3 is 333 Å². The van der Waals surface area contributed by atoms with E-state index in [9.17, 15) is 19.8 Å². The first-order valence-electron chi connectivity index (χ1n) is 22.1. The average molecular weight is 809 g/mol. The van der Waals surface area contributed by atoms with Crippen molar-refractivity contribution in [2.45, 2.75) is 168 Å². The van der Waals surface area contributed by atoms with Crippen LogP contribution < -0.4 is 0 Å². The van der Waals surface area contributed by atoms with Crippen molar-refractivity contribution in [3.05, 3.63) is 59.7 Å². The number of aromatic carboxylic acids is 2. The van der Waals surface area contributed by atoms with Gasteiger partial charge in [0.1, 0.15) is 0 Å². The minimum absolute atomic E-state index is 0.232. The van der Waals surface area contributed by atoms with Crippen LogP contribution in [0.4, 0.5) is 0 Å². The first kappa shape index (κ1) is 48.5. The Morgan fingerprint density at radius 1 is 0.407 bits per heavy atom. The number of unbranched alkanes of at least 4 members (excludes halogenated alkanes) is 8. The molecule has 2 aromatic carbocycles. The maximum atomic E-state index is 20.3. The molecule has 2 rings (SSSR count). The normalized spacial score (nSPS) is 14.7. The van der Waals surface area contributed by atoms with Gasteiger partial charge in [-0.25, -0.2) is 0 Å². The van der Waals surface area contributed by atoms with E-state index in [-0.39, 0.29) is 11.1 Å². The third-order valence-corrected chi connectivity index (χ3v) is 58.0. The summed E-state index contributed by atoms with van der Waals surface area (Å²) in [4.78, 5) is 27.0. The molecular weight excluding hydrogens is 727 g/mol. The summed E-state index contributed by atoms with van der Waals surface area (Å²) in [5, 5.41) is 20.6. The predicted molar refractivity (Wildman–Crippen MR) is 244 cm³/mol. The van der Waals surface area contributed by atoms with Gasteiger partial charge in [0.25, 0.3) is 0 Å². The zero-order chi connectivity index (χ0) is 40.4. The molecule has 2 N–H and O–H groups in total. The second-order valence-electron chi connectivity index (χ2n) is 16.9. The zero-order valence-corrected chi connectivity index (χ0v) is 38.6. The van der Waals surface area contributed by atoms with Crippen LogP contribution in [-0.2, 0) is 8.31 Å². The van der Waals surface area contributed by atoms with Gasteiger partial charge < -0.3 is 0 Å². The van der Waals surface area contributed by atoms with E-state index in [0.29, 0.717) is 0 Å². The summed E-state index contributed by atoms with van der Waals surface area (Å²) in [6.45, 7) is 18.4. The molecule has 312 valence electrons. The third-order valence-electron chi connectivity index (χ3n) is 13.6. The van der Waals surface area contributed by atoms with Gasteiger partial charge in [0.2, 0.25) is 0 Å². The number of rotatable bonds is 30. The average Bonchev–Trinajstić information content (AvgIpc) is 3.19. The molecule has 0 amide bonds. The van der Waals surface area contributed by atoms with Crippen LogP contribution in [0.1, 0.15) is 179 Å². The van der Waals surface area contributed by atoms with Crippen LogP contribution in [0.3, 0.4) is 0 Å². The van der Waals surface area contributed by atoms with Crippen LogP contribution in [-0.4, -0.2) is 75.7 Å². The fourth-order valence-corrected chi connectivity index (χ4v) is 71.8. The van der Waals surface area contributed by atoms with Gasteiger partial charge in [-0.2, -0.15) is 0 Å². The monoisotopic (exact) mass is 809 g/mol. The number of hydrogen-bond acceptors (Lipinski definition) is 3. The molecule has 0 spiro atoms. The molecule has 0 aliphatic carbocycles. The van der Waals surface area contributed by atoms with Crippen molar-refractivity contribution >= 4 is 31.9 Å². The maximum absolute atomic E-state index is 20.3. The molecule has 8 heteroatoms. The fraction of sp³-hybridized carbons (Fsp3) is 0.696. The standard InChI is InChI=1S/C46H82O5P2S/c1-9-17-33-52(34-18-10-2,35-19-11-3,36-20-12-4)54(51,43-29-25-41(26-30-43)45(47)48,44-31-27-42(28-32-44)46(49)50)53(37-21-13-5,38-22-14-6,39-23-15-7)40-24-16-8/h25-32H,9-24,33-40H2,1-8H3,(H,47,48)(H,49,50). The molecule has 0 unspecified atom stereocenters. The molecule has 0 aliphatic heterocycles. The van der Waals surface area contributed by atoms with Crippen molar-refractivity contribution in [3.8, 4) is 0 Å². The molecule has 0 aliphatic rings. The van der Waals surface area contributed by atoms with Crippen molar-refractivity contribution in [1.29, 1.82) is 0 Å². The second-order valence-corrected chi connectivity index (χ2v) is 41.8. The van der Waals surface area contributed by atoms with Gasteiger partial charge in [-0.3, -0.25) is 0 Å². The molecule has 54 heavy (non-hydrogen) atoms. The number of hydrogen-bond donors (Lipinski definition) is 2. The SMILES string of the molecule is CCCCP(CCCC)(CCCC)(CCCC)S(=O)(c1ccc(C(=O)O)cc1)(c1ccc(C(=O)O)cc1)P(CCCC)(CCCC)(CCCC)CCCC. The van der Waals surface area contributed by atoms with Gasteiger partial charge in [0.15, 0.2) is 0 Å². The van der Waals surface area contributed by atoms with E-state index < -0.39 is 31.9 Å². The van der Waals surface area contributed by atoms with Gasteiger partial charge in [-0.1, -0.05) is 0 Å². The van der Waals surface area contributed by atoms with Crippen molar-refractivity contribution in [3.63, 3.8) is 0 Å². The summed E-state index contributed by atoms with van der Waals surface area (Å²) >= 11 is 0. The van der Waals surface area contributed by atoms with Crippen LogP contribution in [0, 0.1) is 0 Å². The predicted octanol–water partition coefficient (Wildman–Crippen LogP) is 14.7. The molecule has 0 radical (unpaired) electrons. The number of carbonyl (C=O) groups is 2. The number of carboxylic acid groups (broad SMARTS) is 2. The van der Waals surface area contributed by atoms with E-state index >= 15 is 4.21 Å². The van der Waals surface area contributed by atoms with Gasteiger partial charge in [0, 0.05) is 0 Å². The Morgan fingerprint density at radius 3 is 0.741 bits per heavy atom. The van der Waals surface area contributed by atoms with Crippen LogP contribution >= 0.6 is 11.6 Å². The summed E-state index contributed by atoms with van der Waals surface area (Å²) in [7, 11) is -4.32. The van der Waals surface area contributed by atoms with E-state index in [1.807, 2.05) is 0 Å². The Labute approximate surface area is 331 Å². The molecule has 2 aromatic rings. The Hall–Kier alpha value is -1.61. The zero-order valence-electron chi connectivity index (χ0n) is 36.0. The molecule has 0 saturated carbocycles. The van der Waals surface area contributed by atoms with Crippen molar-refractivity contribution in [1.82, 2.24) is 0 Å². The third kappa shape index (κ3) is 8.21. The molecule has 0 fully saturated rings. The van der Waals surface area contributed by atoms with E-state index in [1.54, 1.807) is 24.3 Å². The molecular formula is C46H82O5P2S. The van der Waals surface area contributed by atoms with Crippen molar-refractivity contribution in [2.24, 2.45) is 0 Å². The van der Waals surface area contributed by atoms with Gasteiger partial charge in [-0.05, 0) is 0 Å². The Morgan fingerprint density at radius 2 is 0.593 bits per heavy atom. The van der Waals surface area contributed by atoms with E-state index in [0.717, 1.165) is 162 Å². The first-order chi connectivity index (χ1) is 25.8. The molecule has 0 aromatic heterocycles. The van der Waals surface area contributed by atoms with Crippen molar-refractivity contribution in [2.75, 3.05) is 49.3 Å². The van der Waals surface area contributed by atoms with E-state index in [1.165, 1.54) is 0 Å². The van der Waals surface area contributed by atoms with Gasteiger partial charge in [-0.15, -0.1) is 0 Å². The molecule has 5 nitrogen and oxygen atoms in total. The topological polar surface area (TPSA) is 91.7 Å². The number of benzene rings is 2. The van der Waals surface area contributed by atoms with Crippen LogP contribution in [0.5, 0.6) is 0 Å². The Bertz CT molecular complexity index is 1320. The molecule has 0 atom stereocenters. The first-order valence-corrected chi connectivity index (χ1v) is 31.3. The fourth-order valence-electron chi connectivity index (χ4n) is 10.8. The summed E-state index contributed by atoms with van der Waals surface area (Å²) in [5.74, 6) is -9.04. The second kappa shape index (κ2) is 21.2. The van der Waals surface area contributed by atoms with Crippen LogP contribution in [0.25, 0.3) is 0 Å². The van der Waals surface area contributed by atoms with Crippen LogP contribution in [0.2, 0.25) is 0 Å². The molecule has 0 saturated heterocycles. The quantitative estimate of drug-likeness (QED) is 0.0767. The van der Waals surface area contributed by atoms with E-state index in [2.05, 4.69) is 79.7 Å².